The summed E-state index contributed by atoms with van der Waals surface area (Å²) in [5.74, 6) is 0. The van der Waals surface area contributed by atoms with Crippen LogP contribution in [0.4, 0.5) is 34.1 Å². The molecule has 430 valence electrons. The van der Waals surface area contributed by atoms with Crippen LogP contribution in [0.2, 0.25) is 0 Å². The Kier molecular flexibility index (Phi) is 12.4. The minimum Gasteiger partial charge on any atom is -0.309 e. The normalized spacial score (nSPS) is 13.2. The maximum absolute atomic E-state index is 2.53. The maximum atomic E-state index is 2.53. The minimum absolute atomic E-state index is 0.571. The molecule has 2 aliphatic rings. The van der Waals surface area contributed by atoms with Gasteiger partial charge in [-0.2, -0.15) is 0 Å². The highest BCUT2D eigenvalue weighted by atomic mass is 15.2. The summed E-state index contributed by atoms with van der Waals surface area (Å²) in [5, 5.41) is 9.40. The Balaban J connectivity index is 0.844. The summed E-state index contributed by atoms with van der Waals surface area (Å²) >= 11 is 0. The molecule has 2 heteroatoms. The van der Waals surface area contributed by atoms with E-state index in [0.717, 1.165) is 44.9 Å². The smallest absolute Gasteiger partial charge is 0.0714 e. The first-order valence-corrected chi connectivity index (χ1v) is 32.0. The van der Waals surface area contributed by atoms with Gasteiger partial charge in [0, 0.05) is 32.9 Å². The topological polar surface area (TPSA) is 6.48 Å². The van der Waals surface area contributed by atoms with Gasteiger partial charge in [0.2, 0.25) is 0 Å². The third-order valence-electron chi connectivity index (χ3n) is 20.0. The quantitative estimate of drug-likeness (QED) is 0.127. The molecule has 0 aromatic heterocycles. The van der Waals surface area contributed by atoms with E-state index in [2.05, 4.69) is 374 Å². The van der Waals surface area contributed by atoms with Crippen molar-refractivity contribution in [2.24, 2.45) is 0 Å². The van der Waals surface area contributed by atoms with Crippen LogP contribution in [0.25, 0.3) is 76.5 Å². The third-order valence-corrected chi connectivity index (χ3v) is 20.0. The predicted molar refractivity (Wildman–Crippen MR) is 386 cm³/mol. The van der Waals surface area contributed by atoms with Crippen LogP contribution >= 0.6 is 0 Å². The Morgan fingerprint density at radius 2 is 0.457 bits per heavy atom. The fourth-order valence-electron chi connectivity index (χ4n) is 16.2. The molecule has 0 radical (unpaired) electrons. The van der Waals surface area contributed by atoms with E-state index >= 15 is 0 Å². The molecule has 0 atom stereocenters. The molecule has 0 spiro atoms. The van der Waals surface area contributed by atoms with E-state index in [1.807, 2.05) is 0 Å². The van der Waals surface area contributed by atoms with E-state index in [1.54, 1.807) is 0 Å². The lowest BCUT2D eigenvalue weighted by Crippen LogP contribution is -2.28. The van der Waals surface area contributed by atoms with Crippen molar-refractivity contribution < 1.29 is 0 Å². The maximum Gasteiger partial charge on any atom is 0.0714 e. The summed E-state index contributed by atoms with van der Waals surface area (Å²) in [6.45, 7) is 0. The first-order valence-electron chi connectivity index (χ1n) is 32.0. The molecule has 18 rings (SSSR count). The largest absolute Gasteiger partial charge is 0.309 e. The van der Waals surface area contributed by atoms with E-state index in [9.17, 15) is 0 Å². The molecule has 0 saturated carbocycles. The molecular weight excluding hydrogens is 1110 g/mol. The van der Waals surface area contributed by atoms with Crippen molar-refractivity contribution in [3.63, 3.8) is 0 Å². The summed E-state index contributed by atoms with van der Waals surface area (Å²) in [6.07, 6.45) is 0. The van der Waals surface area contributed by atoms with Crippen LogP contribution < -0.4 is 9.80 Å². The zero-order chi connectivity index (χ0) is 60.7. The number of rotatable bonds is 11. The van der Waals surface area contributed by atoms with Crippen molar-refractivity contribution in [3.05, 3.63) is 408 Å². The van der Waals surface area contributed by atoms with Crippen molar-refractivity contribution in [1.29, 1.82) is 0 Å². The molecule has 2 nitrogen and oxygen atoms in total. The summed E-state index contributed by atoms with van der Waals surface area (Å²) in [4.78, 5) is 5.06. The van der Waals surface area contributed by atoms with Crippen molar-refractivity contribution in [3.8, 4) is 33.4 Å². The molecule has 0 aliphatic heterocycles. The van der Waals surface area contributed by atoms with Gasteiger partial charge in [0.1, 0.15) is 0 Å². The number of benzene rings is 16. The van der Waals surface area contributed by atoms with Crippen molar-refractivity contribution in [2.75, 3.05) is 9.80 Å². The van der Waals surface area contributed by atoms with Gasteiger partial charge in [-0.25, -0.2) is 0 Å². The number of nitrogens with zero attached hydrogens (tertiary/aromatic N) is 2. The Morgan fingerprint density at radius 3 is 0.848 bits per heavy atom. The van der Waals surface area contributed by atoms with Crippen LogP contribution in [0.1, 0.15) is 44.5 Å². The fraction of sp³-hybridized carbons (Fsp3) is 0.0222. The van der Waals surface area contributed by atoms with Crippen LogP contribution in [0, 0.1) is 0 Å². The number of hydrogen-bond acceptors (Lipinski definition) is 2. The van der Waals surface area contributed by atoms with E-state index in [-0.39, 0.29) is 0 Å². The van der Waals surface area contributed by atoms with E-state index in [4.69, 9.17) is 0 Å². The minimum atomic E-state index is -0.571. The lowest BCUT2D eigenvalue weighted by atomic mass is 9.67. The van der Waals surface area contributed by atoms with Gasteiger partial charge in [-0.1, -0.05) is 315 Å². The number of anilines is 6. The molecular formula is C90H60N2. The van der Waals surface area contributed by atoms with Gasteiger partial charge < -0.3 is 9.80 Å². The summed E-state index contributed by atoms with van der Waals surface area (Å²) in [5.41, 5.74) is 22.9. The number of fused-ring (bicyclic) bond motifs is 10. The second-order valence-corrected chi connectivity index (χ2v) is 24.5. The molecule has 2 aliphatic carbocycles. The van der Waals surface area contributed by atoms with Crippen molar-refractivity contribution in [2.45, 2.75) is 10.8 Å². The van der Waals surface area contributed by atoms with Crippen LogP contribution in [0.15, 0.2) is 364 Å². The highest BCUT2D eigenvalue weighted by molar-refractivity contribution is 6.15. The average molecular weight is 1170 g/mol. The molecule has 92 heavy (non-hydrogen) atoms. The van der Waals surface area contributed by atoms with E-state index in [0.29, 0.717) is 0 Å². The molecule has 0 unspecified atom stereocenters. The van der Waals surface area contributed by atoms with Gasteiger partial charge in [-0.05, 0) is 148 Å². The molecule has 0 amide bonds. The number of hydrogen-bond donors (Lipinski definition) is 0. The third kappa shape index (κ3) is 7.94. The molecule has 16 aromatic rings. The Hall–Kier alpha value is -11.8. The Bertz CT molecular complexity index is 5100. The molecule has 0 fully saturated rings. The van der Waals surface area contributed by atoms with Crippen LogP contribution in [0.5, 0.6) is 0 Å². The van der Waals surface area contributed by atoms with Crippen LogP contribution in [0.3, 0.4) is 0 Å². The molecule has 0 bridgehead atoms. The second-order valence-electron chi connectivity index (χ2n) is 24.5. The van der Waals surface area contributed by atoms with Gasteiger partial charge in [0.15, 0.2) is 0 Å². The lowest BCUT2D eigenvalue weighted by Gasteiger charge is -2.35. The van der Waals surface area contributed by atoms with Crippen molar-refractivity contribution in [1.82, 2.24) is 0 Å². The molecule has 0 heterocycles. The monoisotopic (exact) mass is 1170 g/mol. The van der Waals surface area contributed by atoms with Crippen LogP contribution in [-0.2, 0) is 10.8 Å². The average Bonchev–Trinajstić information content (AvgIpc) is 1.55. The SMILES string of the molecule is c1ccc(C2(c3ccccc3)c3ccccc3-c3ccc(N(c4cccc5ccccc45)c4ccc(-c5ccc(N(c6ccc7c(c6)C(c6ccccc6)(c6ccccc6)c6ccccc6-7)c6cccc7ccccc67)c6ccccc56)c5ccccc45)cc32)cc1. The zero-order valence-corrected chi connectivity index (χ0v) is 50.5. The zero-order valence-electron chi connectivity index (χ0n) is 50.5. The lowest BCUT2D eigenvalue weighted by molar-refractivity contribution is 0.768. The first kappa shape index (κ1) is 53.2. The van der Waals surface area contributed by atoms with Gasteiger partial charge in [-0.15, -0.1) is 0 Å². The van der Waals surface area contributed by atoms with E-state index < -0.39 is 10.8 Å². The van der Waals surface area contributed by atoms with Gasteiger partial charge in [-0.3, -0.25) is 0 Å². The second kappa shape index (κ2) is 21.4. The Labute approximate surface area is 536 Å². The standard InChI is InChI=1S/C90H60N2/c1-5-31-63(32-6-1)89(64-33-7-2-8-34-64)81-47-23-21-43-75(81)77-53-51-67(59-83(77)89)91(85-49-25-29-61-27-13-15-39-69(61)85)87-57-55-73(71-41-17-19-45-79(71)87)74-56-58-88(80-46-20-18-42-72(74)80)92(86-50-26-30-62-28-14-16-40-70(62)86)68-52-54-78-76-44-22-24-48-82(76)90(84(78)60-68,65-35-9-3-10-36-65)66-37-11-4-12-38-66/h1-60H. The van der Waals surface area contributed by atoms with Gasteiger partial charge in [0.25, 0.3) is 0 Å². The summed E-state index contributed by atoms with van der Waals surface area (Å²) in [7, 11) is 0. The predicted octanol–water partition coefficient (Wildman–Crippen LogP) is 23.6. The first-order chi connectivity index (χ1) is 45.7. The van der Waals surface area contributed by atoms with Gasteiger partial charge in [0.05, 0.1) is 33.6 Å². The van der Waals surface area contributed by atoms with Crippen molar-refractivity contribution >= 4 is 77.2 Å². The fourth-order valence-corrected chi connectivity index (χ4v) is 16.2. The molecule has 0 saturated heterocycles. The highest BCUT2D eigenvalue weighted by Gasteiger charge is 2.48. The van der Waals surface area contributed by atoms with Crippen LogP contribution in [-0.4, -0.2) is 0 Å². The molecule has 0 N–H and O–H groups in total. The van der Waals surface area contributed by atoms with E-state index in [1.165, 1.54) is 110 Å². The highest BCUT2D eigenvalue weighted by Crippen LogP contribution is 2.60. The van der Waals surface area contributed by atoms with Gasteiger partial charge >= 0.3 is 0 Å². The Morgan fingerprint density at radius 1 is 0.174 bits per heavy atom. The molecule has 16 aromatic carbocycles. The summed E-state index contributed by atoms with van der Waals surface area (Å²) < 4.78 is 0. The summed E-state index contributed by atoms with van der Waals surface area (Å²) in [6, 6.07) is 136.